The number of hydrogen-bond acceptors (Lipinski definition) is 4. The molecule has 3 aliphatic rings. The standard InChI is InChI=1S/C32H35Cl2N5O/c33-26-7-5-24(6-8-26)4-3-15-37-18-12-32(13-19-37)23-39(31(40)36-22-25-11-14-35-30(34)20-25)29-10-9-27(21-28(29)32)38-16-1-2-17-38/h3-11,14,20-21H,1-2,12-13,15-19,22-23H2,(H,36,40). The van der Waals surface area contributed by atoms with E-state index in [1.54, 1.807) is 12.3 Å². The fourth-order valence-electron chi connectivity index (χ4n) is 6.34. The van der Waals surface area contributed by atoms with Crippen LogP contribution in [0.4, 0.5) is 16.2 Å². The van der Waals surface area contributed by atoms with Gasteiger partial charge < -0.3 is 10.2 Å². The van der Waals surface area contributed by atoms with Crippen LogP contribution >= 0.6 is 23.2 Å². The number of fused-ring (bicyclic) bond motifs is 2. The SMILES string of the molecule is O=C(NCc1ccnc(Cl)c1)N1CC2(CCN(CC=Cc3ccc(Cl)cc3)CC2)c2cc(N3CCCC3)ccc21. The molecule has 0 atom stereocenters. The number of amides is 2. The first kappa shape index (κ1) is 27.1. The largest absolute Gasteiger partial charge is 0.372 e. The van der Waals surface area contributed by atoms with Gasteiger partial charge >= 0.3 is 6.03 Å². The maximum absolute atomic E-state index is 13.5. The number of rotatable bonds is 6. The molecule has 6 rings (SSSR count). The van der Waals surface area contributed by atoms with Crippen molar-refractivity contribution in [3.8, 4) is 0 Å². The number of aromatic nitrogens is 1. The second kappa shape index (κ2) is 11.8. The van der Waals surface area contributed by atoms with Crippen molar-refractivity contribution in [1.82, 2.24) is 15.2 Å². The van der Waals surface area contributed by atoms with Crippen molar-refractivity contribution >= 4 is 46.7 Å². The first-order valence-electron chi connectivity index (χ1n) is 14.2. The number of nitrogens with one attached hydrogen (secondary N) is 1. The summed E-state index contributed by atoms with van der Waals surface area (Å²) >= 11 is 12.1. The number of carbonyl (C=O) groups excluding carboxylic acids is 1. The highest BCUT2D eigenvalue weighted by Gasteiger charge is 2.46. The minimum atomic E-state index is -0.0618. The number of halogens is 2. The Hall–Kier alpha value is -3.06. The van der Waals surface area contributed by atoms with Gasteiger partial charge in [-0.1, -0.05) is 47.5 Å². The highest BCUT2D eigenvalue weighted by atomic mass is 35.5. The summed E-state index contributed by atoms with van der Waals surface area (Å²) in [6.45, 7) is 6.27. The van der Waals surface area contributed by atoms with Crippen LogP contribution in [0.15, 0.2) is 66.9 Å². The fraction of sp³-hybridized carbons (Fsp3) is 0.375. The molecular formula is C32H35Cl2N5O. The predicted molar refractivity (Wildman–Crippen MR) is 165 cm³/mol. The van der Waals surface area contributed by atoms with Crippen molar-refractivity contribution in [2.24, 2.45) is 0 Å². The lowest BCUT2D eigenvalue weighted by Gasteiger charge is -2.39. The summed E-state index contributed by atoms with van der Waals surface area (Å²) in [5.74, 6) is 0. The van der Waals surface area contributed by atoms with E-state index in [2.05, 4.69) is 50.5 Å². The van der Waals surface area contributed by atoms with Gasteiger partial charge in [0.05, 0.1) is 0 Å². The summed E-state index contributed by atoms with van der Waals surface area (Å²) in [5, 5.41) is 4.31. The summed E-state index contributed by atoms with van der Waals surface area (Å²) in [6.07, 6.45) is 10.6. The van der Waals surface area contributed by atoms with Crippen LogP contribution in [-0.2, 0) is 12.0 Å². The molecule has 4 heterocycles. The molecule has 6 nitrogen and oxygen atoms in total. The Balaban J connectivity index is 1.17. The third-order valence-corrected chi connectivity index (χ3v) is 9.07. The van der Waals surface area contributed by atoms with Gasteiger partial charge in [-0.15, -0.1) is 0 Å². The molecule has 3 aromatic rings. The van der Waals surface area contributed by atoms with Gasteiger partial charge in [-0.2, -0.15) is 0 Å². The van der Waals surface area contributed by atoms with Crippen LogP contribution in [0.25, 0.3) is 6.08 Å². The van der Waals surface area contributed by atoms with Gasteiger partial charge in [0.15, 0.2) is 0 Å². The summed E-state index contributed by atoms with van der Waals surface area (Å²) < 4.78 is 0. The van der Waals surface area contributed by atoms with Crippen LogP contribution in [-0.4, -0.2) is 55.2 Å². The van der Waals surface area contributed by atoms with E-state index in [1.165, 1.54) is 24.1 Å². The van der Waals surface area contributed by atoms with E-state index in [0.29, 0.717) is 18.2 Å². The summed E-state index contributed by atoms with van der Waals surface area (Å²) in [7, 11) is 0. The molecule has 1 spiro atoms. The van der Waals surface area contributed by atoms with Gasteiger partial charge in [0.1, 0.15) is 5.15 Å². The number of nitrogens with zero attached hydrogens (tertiary/aromatic N) is 4. The minimum Gasteiger partial charge on any atom is -0.372 e. The van der Waals surface area contributed by atoms with Crippen LogP contribution < -0.4 is 15.1 Å². The zero-order valence-electron chi connectivity index (χ0n) is 22.7. The van der Waals surface area contributed by atoms with Crippen LogP contribution in [0, 0.1) is 0 Å². The zero-order chi connectivity index (χ0) is 27.5. The molecule has 0 bridgehead atoms. The van der Waals surface area contributed by atoms with Crippen LogP contribution in [0.3, 0.4) is 0 Å². The number of carbonyl (C=O) groups is 1. The average Bonchev–Trinajstić information content (AvgIpc) is 3.61. The molecule has 0 aliphatic carbocycles. The molecule has 2 aromatic carbocycles. The number of pyridine rings is 1. The van der Waals surface area contributed by atoms with Crippen molar-refractivity contribution in [3.63, 3.8) is 0 Å². The monoisotopic (exact) mass is 575 g/mol. The third kappa shape index (κ3) is 5.85. The lowest BCUT2D eigenvalue weighted by atomic mass is 9.74. The normalized spacial score (nSPS) is 18.6. The molecule has 3 aliphatic heterocycles. The Morgan fingerprint density at radius 3 is 2.50 bits per heavy atom. The molecule has 8 heteroatoms. The molecule has 2 saturated heterocycles. The van der Waals surface area contributed by atoms with E-state index in [9.17, 15) is 4.79 Å². The fourth-order valence-corrected chi connectivity index (χ4v) is 6.66. The quantitative estimate of drug-likeness (QED) is 0.330. The van der Waals surface area contributed by atoms with Gasteiger partial charge in [-0.25, -0.2) is 9.78 Å². The Morgan fingerprint density at radius 1 is 0.975 bits per heavy atom. The van der Waals surface area contributed by atoms with Gasteiger partial charge in [-0.05, 0) is 97.9 Å². The smallest absolute Gasteiger partial charge is 0.322 e. The second-order valence-corrected chi connectivity index (χ2v) is 12.0. The molecular weight excluding hydrogens is 541 g/mol. The van der Waals surface area contributed by atoms with E-state index < -0.39 is 0 Å². The molecule has 208 valence electrons. The second-order valence-electron chi connectivity index (χ2n) is 11.2. The Morgan fingerprint density at radius 2 is 1.75 bits per heavy atom. The van der Waals surface area contributed by atoms with E-state index >= 15 is 0 Å². The van der Waals surface area contributed by atoms with Crippen LogP contribution in [0.2, 0.25) is 10.2 Å². The number of likely N-dealkylation sites (tertiary alicyclic amines) is 1. The average molecular weight is 577 g/mol. The van der Waals surface area contributed by atoms with Crippen LogP contribution in [0.1, 0.15) is 42.4 Å². The van der Waals surface area contributed by atoms with Crippen molar-refractivity contribution in [2.75, 3.05) is 49.1 Å². The number of hydrogen-bond donors (Lipinski definition) is 1. The Bertz CT molecular complexity index is 1380. The maximum atomic E-state index is 13.5. The number of benzene rings is 2. The van der Waals surface area contributed by atoms with Crippen LogP contribution in [0.5, 0.6) is 0 Å². The van der Waals surface area contributed by atoms with Crippen molar-refractivity contribution in [2.45, 2.75) is 37.6 Å². The number of anilines is 2. The van der Waals surface area contributed by atoms with E-state index in [0.717, 1.165) is 67.4 Å². The van der Waals surface area contributed by atoms with Gasteiger partial charge in [-0.3, -0.25) is 9.80 Å². The summed E-state index contributed by atoms with van der Waals surface area (Å²) in [4.78, 5) is 24.5. The molecule has 0 saturated carbocycles. The molecule has 0 radical (unpaired) electrons. The predicted octanol–water partition coefficient (Wildman–Crippen LogP) is 6.77. The molecule has 0 unspecified atom stereocenters. The third-order valence-electron chi connectivity index (χ3n) is 8.61. The van der Waals surface area contributed by atoms with E-state index in [-0.39, 0.29) is 11.4 Å². The number of urea groups is 1. The molecule has 2 fully saturated rings. The zero-order valence-corrected chi connectivity index (χ0v) is 24.2. The van der Waals surface area contributed by atoms with Gasteiger partial charge in [0.25, 0.3) is 0 Å². The minimum absolute atomic E-state index is 0.0290. The molecule has 40 heavy (non-hydrogen) atoms. The molecule has 1 aromatic heterocycles. The Labute approximate surface area is 246 Å². The summed E-state index contributed by atoms with van der Waals surface area (Å²) in [6, 6.07) is 18.3. The topological polar surface area (TPSA) is 51.7 Å². The highest BCUT2D eigenvalue weighted by Crippen LogP contribution is 2.48. The maximum Gasteiger partial charge on any atom is 0.322 e. The lowest BCUT2D eigenvalue weighted by molar-refractivity contribution is 0.180. The molecule has 2 amide bonds. The van der Waals surface area contributed by atoms with Crippen molar-refractivity contribution < 1.29 is 4.79 Å². The first-order valence-corrected chi connectivity index (χ1v) is 14.9. The van der Waals surface area contributed by atoms with Gasteiger partial charge in [0.2, 0.25) is 0 Å². The Kier molecular flexibility index (Phi) is 8.01. The first-order chi connectivity index (χ1) is 19.5. The van der Waals surface area contributed by atoms with Gasteiger partial charge in [0, 0.05) is 60.7 Å². The highest BCUT2D eigenvalue weighted by molar-refractivity contribution is 6.30. The number of piperidine rings is 1. The molecule has 1 N–H and O–H groups in total. The lowest BCUT2D eigenvalue weighted by Crippen LogP contribution is -2.47. The van der Waals surface area contributed by atoms with E-state index in [1.807, 2.05) is 35.2 Å². The van der Waals surface area contributed by atoms with Crippen molar-refractivity contribution in [1.29, 1.82) is 0 Å². The summed E-state index contributed by atoms with van der Waals surface area (Å²) in [5.41, 5.74) is 5.73. The van der Waals surface area contributed by atoms with Crippen molar-refractivity contribution in [3.05, 3.63) is 93.7 Å². The van der Waals surface area contributed by atoms with E-state index in [4.69, 9.17) is 23.2 Å².